The third-order valence-corrected chi connectivity index (χ3v) is 4.78. The van der Waals surface area contributed by atoms with Crippen molar-refractivity contribution in [2.24, 2.45) is 17.8 Å². The summed E-state index contributed by atoms with van der Waals surface area (Å²) in [6, 6.07) is -0.00925. The van der Waals surface area contributed by atoms with Crippen LogP contribution in [-0.4, -0.2) is 42.9 Å². The van der Waals surface area contributed by atoms with Crippen molar-refractivity contribution in [3.8, 4) is 0 Å². The zero-order valence-electron chi connectivity index (χ0n) is 12.6. The average Bonchev–Trinajstić information content (AvgIpc) is 3.00. The Morgan fingerprint density at radius 2 is 1.95 bits per heavy atom. The van der Waals surface area contributed by atoms with Gasteiger partial charge in [0.05, 0.1) is 12.5 Å². The highest BCUT2D eigenvalue weighted by atomic mass is 16.5. The molecule has 0 radical (unpaired) electrons. The molecule has 2 unspecified atom stereocenters. The fourth-order valence-electron chi connectivity index (χ4n) is 3.17. The highest BCUT2D eigenvalue weighted by molar-refractivity contribution is 5.74. The van der Waals surface area contributed by atoms with Crippen LogP contribution in [0.15, 0.2) is 0 Å². The molecule has 0 spiro atoms. The summed E-state index contributed by atoms with van der Waals surface area (Å²) in [5.41, 5.74) is 0. The van der Waals surface area contributed by atoms with Gasteiger partial charge in [-0.15, -0.1) is 0 Å². The van der Waals surface area contributed by atoms with Crippen LogP contribution in [0.2, 0.25) is 0 Å². The number of rotatable bonds is 5. The van der Waals surface area contributed by atoms with Gasteiger partial charge in [-0.25, -0.2) is 4.79 Å². The molecule has 21 heavy (non-hydrogen) atoms. The van der Waals surface area contributed by atoms with E-state index in [1.54, 1.807) is 0 Å². The Morgan fingerprint density at radius 1 is 1.24 bits per heavy atom. The number of carbonyl (C=O) groups is 2. The van der Waals surface area contributed by atoms with Gasteiger partial charge in [0.15, 0.2) is 0 Å². The molecule has 1 saturated heterocycles. The van der Waals surface area contributed by atoms with Crippen LogP contribution in [0.25, 0.3) is 0 Å². The van der Waals surface area contributed by atoms with Crippen molar-refractivity contribution in [2.45, 2.75) is 45.1 Å². The molecule has 2 fully saturated rings. The lowest BCUT2D eigenvalue weighted by Gasteiger charge is -2.26. The maximum atomic E-state index is 11.9. The summed E-state index contributed by atoms with van der Waals surface area (Å²) in [6.07, 6.45) is 4.20. The first kappa shape index (κ1) is 16.1. The predicted octanol–water partition coefficient (Wildman–Crippen LogP) is 1.60. The Morgan fingerprint density at radius 3 is 2.52 bits per heavy atom. The summed E-state index contributed by atoms with van der Waals surface area (Å²) in [5.74, 6) is -0.0811. The topological polar surface area (TPSA) is 87.7 Å². The van der Waals surface area contributed by atoms with Crippen molar-refractivity contribution < 1.29 is 19.4 Å². The summed E-state index contributed by atoms with van der Waals surface area (Å²) >= 11 is 0. The Labute approximate surface area is 125 Å². The molecule has 120 valence electrons. The van der Waals surface area contributed by atoms with Crippen LogP contribution in [0, 0.1) is 17.8 Å². The number of hydrogen-bond acceptors (Lipinski definition) is 3. The molecule has 2 atom stereocenters. The molecule has 1 heterocycles. The fraction of sp³-hybridized carbons (Fsp3) is 0.867. The van der Waals surface area contributed by atoms with Gasteiger partial charge in [-0.3, -0.25) is 4.79 Å². The van der Waals surface area contributed by atoms with Gasteiger partial charge in [-0.1, -0.05) is 0 Å². The number of carbonyl (C=O) groups excluding carboxylic acids is 1. The monoisotopic (exact) mass is 298 g/mol. The number of carboxylic acid groups (broad SMARTS) is 1. The molecule has 2 aliphatic rings. The highest BCUT2D eigenvalue weighted by Gasteiger charge is 2.27. The largest absolute Gasteiger partial charge is 0.481 e. The number of aliphatic carboxylic acids is 1. The smallest absolute Gasteiger partial charge is 0.315 e. The van der Waals surface area contributed by atoms with Crippen LogP contribution >= 0.6 is 0 Å². The summed E-state index contributed by atoms with van der Waals surface area (Å²) < 4.78 is 5.32. The van der Waals surface area contributed by atoms with Crippen molar-refractivity contribution >= 4 is 12.0 Å². The van der Waals surface area contributed by atoms with Gasteiger partial charge in [0.1, 0.15) is 0 Å². The lowest BCUT2D eigenvalue weighted by atomic mass is 9.82. The average molecular weight is 298 g/mol. The highest BCUT2D eigenvalue weighted by Crippen LogP contribution is 2.28. The lowest BCUT2D eigenvalue weighted by molar-refractivity contribution is -0.143. The van der Waals surface area contributed by atoms with E-state index in [9.17, 15) is 9.59 Å². The second kappa shape index (κ2) is 7.64. The molecule has 3 N–H and O–H groups in total. The number of urea groups is 1. The third kappa shape index (κ3) is 4.88. The number of ether oxygens (including phenoxy) is 1. The van der Waals surface area contributed by atoms with Crippen LogP contribution < -0.4 is 10.6 Å². The number of carboxylic acids is 1. The first-order chi connectivity index (χ1) is 10.1. The number of nitrogens with one attached hydrogen (secondary N) is 2. The van der Waals surface area contributed by atoms with Crippen molar-refractivity contribution in [3.05, 3.63) is 0 Å². The van der Waals surface area contributed by atoms with Crippen molar-refractivity contribution in [2.75, 3.05) is 19.8 Å². The van der Waals surface area contributed by atoms with E-state index in [-0.39, 0.29) is 18.0 Å². The molecular weight excluding hydrogens is 272 g/mol. The second-order valence-electron chi connectivity index (χ2n) is 6.32. The van der Waals surface area contributed by atoms with E-state index < -0.39 is 5.97 Å². The van der Waals surface area contributed by atoms with Gasteiger partial charge in [0.2, 0.25) is 0 Å². The SMILES string of the molecule is CC(NC(=O)NCC1CCC(C(=O)O)CC1)C1CCOC1. The van der Waals surface area contributed by atoms with E-state index in [0.717, 1.165) is 45.3 Å². The summed E-state index contributed by atoms with van der Waals surface area (Å²) in [5, 5.41) is 14.8. The zero-order chi connectivity index (χ0) is 15.2. The van der Waals surface area contributed by atoms with E-state index in [2.05, 4.69) is 10.6 Å². The van der Waals surface area contributed by atoms with Crippen molar-refractivity contribution in [3.63, 3.8) is 0 Å². The van der Waals surface area contributed by atoms with Gasteiger partial charge in [-0.2, -0.15) is 0 Å². The Balaban J connectivity index is 1.62. The Bertz CT molecular complexity index is 361. The van der Waals surface area contributed by atoms with Gasteiger partial charge in [0, 0.05) is 25.1 Å². The van der Waals surface area contributed by atoms with Gasteiger partial charge in [-0.05, 0) is 44.9 Å². The van der Waals surface area contributed by atoms with Crippen LogP contribution in [0.4, 0.5) is 4.79 Å². The quantitative estimate of drug-likeness (QED) is 0.719. The minimum absolute atomic E-state index is 0.121. The molecule has 1 aliphatic heterocycles. The molecule has 2 rings (SSSR count). The standard InChI is InChI=1S/C15H26N2O4/c1-10(13-6-7-21-9-13)17-15(20)16-8-11-2-4-12(5-3-11)14(18)19/h10-13H,2-9H2,1H3,(H,18,19)(H2,16,17,20). The summed E-state index contributed by atoms with van der Waals surface area (Å²) in [4.78, 5) is 22.8. The second-order valence-corrected chi connectivity index (χ2v) is 6.32. The number of hydrogen-bond donors (Lipinski definition) is 3. The van der Waals surface area contributed by atoms with Crippen molar-refractivity contribution in [1.82, 2.24) is 10.6 Å². The van der Waals surface area contributed by atoms with Crippen LogP contribution in [0.5, 0.6) is 0 Å². The Hall–Kier alpha value is -1.30. The molecule has 0 aromatic heterocycles. The van der Waals surface area contributed by atoms with Crippen LogP contribution in [-0.2, 0) is 9.53 Å². The molecule has 6 nitrogen and oxygen atoms in total. The lowest BCUT2D eigenvalue weighted by Crippen LogP contribution is -2.45. The molecule has 0 aromatic rings. The van der Waals surface area contributed by atoms with E-state index in [1.165, 1.54) is 0 Å². The first-order valence-corrected chi connectivity index (χ1v) is 7.91. The normalized spacial score (nSPS) is 30.6. The molecule has 1 saturated carbocycles. The molecule has 0 aromatic carbocycles. The van der Waals surface area contributed by atoms with Crippen LogP contribution in [0.1, 0.15) is 39.0 Å². The Kier molecular flexibility index (Phi) is 5.85. The fourth-order valence-corrected chi connectivity index (χ4v) is 3.17. The third-order valence-electron chi connectivity index (χ3n) is 4.78. The molecule has 6 heteroatoms. The van der Waals surface area contributed by atoms with Gasteiger partial charge < -0.3 is 20.5 Å². The van der Waals surface area contributed by atoms with Gasteiger partial charge in [0.25, 0.3) is 0 Å². The summed E-state index contributed by atoms with van der Waals surface area (Å²) in [7, 11) is 0. The predicted molar refractivity (Wildman–Crippen MR) is 78.0 cm³/mol. The van der Waals surface area contributed by atoms with E-state index >= 15 is 0 Å². The summed E-state index contributed by atoms with van der Waals surface area (Å²) in [6.45, 7) is 4.15. The first-order valence-electron chi connectivity index (χ1n) is 7.91. The minimum atomic E-state index is -0.688. The molecule has 0 bridgehead atoms. The van der Waals surface area contributed by atoms with Crippen LogP contribution in [0.3, 0.4) is 0 Å². The molecule has 1 aliphatic carbocycles. The number of amides is 2. The van der Waals surface area contributed by atoms with Crippen molar-refractivity contribution in [1.29, 1.82) is 0 Å². The molecular formula is C15H26N2O4. The minimum Gasteiger partial charge on any atom is -0.481 e. The van der Waals surface area contributed by atoms with E-state index in [1.807, 2.05) is 6.92 Å². The molecule has 2 amide bonds. The maximum Gasteiger partial charge on any atom is 0.315 e. The zero-order valence-corrected chi connectivity index (χ0v) is 12.6. The van der Waals surface area contributed by atoms with E-state index in [0.29, 0.717) is 18.4 Å². The van der Waals surface area contributed by atoms with E-state index in [4.69, 9.17) is 9.84 Å². The van der Waals surface area contributed by atoms with Gasteiger partial charge >= 0.3 is 12.0 Å². The maximum absolute atomic E-state index is 11.9.